The van der Waals surface area contributed by atoms with Gasteiger partial charge in [-0.3, -0.25) is 9.59 Å². The van der Waals surface area contributed by atoms with Crippen LogP contribution in [-0.2, 0) is 9.59 Å². The molecular formula is C17H24FN3O2. The molecule has 1 fully saturated rings. The second-order valence-corrected chi connectivity index (χ2v) is 6.09. The molecule has 126 valence electrons. The van der Waals surface area contributed by atoms with E-state index in [0.717, 1.165) is 25.7 Å². The van der Waals surface area contributed by atoms with Gasteiger partial charge in [0.2, 0.25) is 11.8 Å². The van der Waals surface area contributed by atoms with E-state index in [0.29, 0.717) is 5.69 Å². The van der Waals surface area contributed by atoms with Crippen LogP contribution in [0.2, 0.25) is 0 Å². The summed E-state index contributed by atoms with van der Waals surface area (Å²) in [6.45, 7) is 3.08. The van der Waals surface area contributed by atoms with Crippen molar-refractivity contribution in [2.75, 3.05) is 10.6 Å². The summed E-state index contributed by atoms with van der Waals surface area (Å²) in [5.41, 5.74) is 0.684. The number of benzene rings is 1. The molecule has 1 aliphatic carbocycles. The summed E-state index contributed by atoms with van der Waals surface area (Å²) in [4.78, 5) is 23.3. The first-order chi connectivity index (χ1) is 11.0. The van der Waals surface area contributed by atoms with E-state index >= 15 is 0 Å². The van der Waals surface area contributed by atoms with E-state index in [-0.39, 0.29) is 23.5 Å². The van der Waals surface area contributed by atoms with Crippen molar-refractivity contribution < 1.29 is 14.0 Å². The Kier molecular flexibility index (Phi) is 5.96. The molecule has 1 aliphatic rings. The molecule has 0 aromatic heterocycles. The fourth-order valence-corrected chi connectivity index (χ4v) is 2.79. The lowest BCUT2D eigenvalue weighted by atomic mass is 9.95. The van der Waals surface area contributed by atoms with E-state index in [4.69, 9.17) is 0 Å². The number of carbonyl (C=O) groups excluding carboxylic acids is 2. The Labute approximate surface area is 136 Å². The summed E-state index contributed by atoms with van der Waals surface area (Å²) in [5, 5.41) is 8.52. The lowest BCUT2D eigenvalue weighted by Gasteiger charge is -2.25. The fourth-order valence-electron chi connectivity index (χ4n) is 2.79. The van der Waals surface area contributed by atoms with Gasteiger partial charge in [0.15, 0.2) is 0 Å². The zero-order valence-corrected chi connectivity index (χ0v) is 13.6. The van der Waals surface area contributed by atoms with Gasteiger partial charge in [-0.15, -0.1) is 0 Å². The first-order valence-corrected chi connectivity index (χ1v) is 8.10. The normalized spacial score (nSPS) is 16.5. The third-order valence-corrected chi connectivity index (χ3v) is 4.01. The van der Waals surface area contributed by atoms with E-state index in [9.17, 15) is 14.0 Å². The van der Waals surface area contributed by atoms with Crippen molar-refractivity contribution in [3.63, 3.8) is 0 Å². The Hall–Kier alpha value is -2.11. The molecule has 1 aromatic rings. The first kappa shape index (κ1) is 17.2. The SMILES string of the molecule is CC(=O)Nc1cc(N[C@@H](C)C(=O)NC2CCCCC2)ccc1F. The monoisotopic (exact) mass is 321 g/mol. The first-order valence-electron chi connectivity index (χ1n) is 8.10. The number of halogens is 1. The smallest absolute Gasteiger partial charge is 0.242 e. The van der Waals surface area contributed by atoms with Crippen LogP contribution in [0.3, 0.4) is 0 Å². The minimum absolute atomic E-state index is 0.0673. The molecule has 6 heteroatoms. The Bertz CT molecular complexity index is 571. The third kappa shape index (κ3) is 5.23. The van der Waals surface area contributed by atoms with Crippen molar-refractivity contribution in [1.29, 1.82) is 0 Å². The van der Waals surface area contributed by atoms with E-state index in [1.165, 1.54) is 25.5 Å². The number of anilines is 2. The number of amides is 2. The molecule has 23 heavy (non-hydrogen) atoms. The van der Waals surface area contributed by atoms with Crippen LogP contribution < -0.4 is 16.0 Å². The maximum Gasteiger partial charge on any atom is 0.242 e. The van der Waals surface area contributed by atoms with E-state index in [1.807, 2.05) is 0 Å². The molecule has 1 aromatic carbocycles. The number of nitrogens with one attached hydrogen (secondary N) is 3. The lowest BCUT2D eigenvalue weighted by molar-refractivity contribution is -0.122. The standard InChI is InChI=1S/C17H24FN3O2/c1-11(17(23)21-13-6-4-3-5-7-13)19-14-8-9-15(18)16(10-14)20-12(2)22/h8-11,13,19H,3-7H2,1-2H3,(H,20,22)(H,21,23)/t11-/m0/s1. The van der Waals surface area contributed by atoms with Crippen LogP contribution in [0.1, 0.15) is 46.0 Å². The number of carbonyl (C=O) groups is 2. The zero-order valence-electron chi connectivity index (χ0n) is 13.6. The molecule has 0 unspecified atom stereocenters. The molecular weight excluding hydrogens is 297 g/mol. The van der Waals surface area contributed by atoms with Crippen molar-refractivity contribution >= 4 is 23.2 Å². The quantitative estimate of drug-likeness (QED) is 0.781. The summed E-state index contributed by atoms with van der Waals surface area (Å²) < 4.78 is 13.6. The van der Waals surface area contributed by atoms with Crippen LogP contribution in [0, 0.1) is 5.82 Å². The average Bonchev–Trinajstić information content (AvgIpc) is 2.51. The molecule has 1 atom stereocenters. The summed E-state index contributed by atoms with van der Waals surface area (Å²) in [5.74, 6) is -0.920. The minimum Gasteiger partial charge on any atom is -0.374 e. The molecule has 3 N–H and O–H groups in total. The van der Waals surface area contributed by atoms with Crippen LogP contribution in [0.4, 0.5) is 15.8 Å². The molecule has 0 bridgehead atoms. The van der Waals surface area contributed by atoms with Gasteiger partial charge in [0.25, 0.3) is 0 Å². The van der Waals surface area contributed by atoms with Crippen molar-refractivity contribution in [3.05, 3.63) is 24.0 Å². The van der Waals surface area contributed by atoms with Crippen molar-refractivity contribution in [2.45, 2.75) is 58.0 Å². The van der Waals surface area contributed by atoms with Gasteiger partial charge in [0.05, 0.1) is 5.69 Å². The Morgan fingerprint density at radius 3 is 2.57 bits per heavy atom. The van der Waals surface area contributed by atoms with E-state index in [2.05, 4.69) is 16.0 Å². The van der Waals surface area contributed by atoms with Crippen LogP contribution in [-0.4, -0.2) is 23.9 Å². The number of hydrogen-bond acceptors (Lipinski definition) is 3. The number of hydrogen-bond donors (Lipinski definition) is 3. The molecule has 0 radical (unpaired) electrons. The van der Waals surface area contributed by atoms with Crippen LogP contribution in [0.25, 0.3) is 0 Å². The largest absolute Gasteiger partial charge is 0.374 e. The molecule has 2 rings (SSSR count). The summed E-state index contributed by atoms with van der Waals surface area (Å²) >= 11 is 0. The average molecular weight is 321 g/mol. The van der Waals surface area contributed by atoms with E-state index in [1.54, 1.807) is 13.0 Å². The second-order valence-electron chi connectivity index (χ2n) is 6.09. The molecule has 2 amide bonds. The molecule has 0 spiro atoms. The lowest BCUT2D eigenvalue weighted by Crippen LogP contribution is -2.44. The van der Waals surface area contributed by atoms with Gasteiger partial charge in [-0.25, -0.2) is 4.39 Å². The fraction of sp³-hybridized carbons (Fsp3) is 0.529. The maximum atomic E-state index is 13.6. The molecule has 0 heterocycles. The van der Waals surface area contributed by atoms with Gasteiger partial charge >= 0.3 is 0 Å². The molecule has 0 saturated heterocycles. The zero-order chi connectivity index (χ0) is 16.8. The highest BCUT2D eigenvalue weighted by atomic mass is 19.1. The highest BCUT2D eigenvalue weighted by Gasteiger charge is 2.19. The summed E-state index contributed by atoms with van der Waals surface area (Å²) in [7, 11) is 0. The highest BCUT2D eigenvalue weighted by Crippen LogP contribution is 2.21. The Morgan fingerprint density at radius 1 is 1.22 bits per heavy atom. The third-order valence-electron chi connectivity index (χ3n) is 4.01. The minimum atomic E-state index is -0.509. The van der Waals surface area contributed by atoms with Crippen molar-refractivity contribution in [1.82, 2.24) is 5.32 Å². The van der Waals surface area contributed by atoms with Gasteiger partial charge < -0.3 is 16.0 Å². The van der Waals surface area contributed by atoms with Gasteiger partial charge in [-0.05, 0) is 38.0 Å². The molecule has 5 nitrogen and oxygen atoms in total. The molecule has 1 saturated carbocycles. The maximum absolute atomic E-state index is 13.6. The van der Waals surface area contributed by atoms with Gasteiger partial charge in [-0.1, -0.05) is 19.3 Å². The Balaban J connectivity index is 1.94. The molecule has 0 aliphatic heterocycles. The van der Waals surface area contributed by atoms with Crippen LogP contribution in [0.5, 0.6) is 0 Å². The van der Waals surface area contributed by atoms with E-state index < -0.39 is 11.9 Å². The second kappa shape index (κ2) is 7.94. The van der Waals surface area contributed by atoms with Crippen LogP contribution >= 0.6 is 0 Å². The Morgan fingerprint density at radius 2 is 1.91 bits per heavy atom. The van der Waals surface area contributed by atoms with Gasteiger partial charge in [-0.2, -0.15) is 0 Å². The van der Waals surface area contributed by atoms with Gasteiger partial charge in [0.1, 0.15) is 11.9 Å². The predicted molar refractivity (Wildman–Crippen MR) is 88.8 cm³/mol. The summed E-state index contributed by atoms with van der Waals surface area (Å²) in [6, 6.07) is 4.11. The predicted octanol–water partition coefficient (Wildman–Crippen LogP) is 3.03. The highest BCUT2D eigenvalue weighted by molar-refractivity contribution is 5.90. The van der Waals surface area contributed by atoms with Crippen LogP contribution in [0.15, 0.2) is 18.2 Å². The van der Waals surface area contributed by atoms with Crippen molar-refractivity contribution in [3.8, 4) is 0 Å². The number of rotatable bonds is 5. The van der Waals surface area contributed by atoms with Crippen molar-refractivity contribution in [2.24, 2.45) is 0 Å². The topological polar surface area (TPSA) is 70.2 Å². The summed E-state index contributed by atoms with van der Waals surface area (Å²) in [6.07, 6.45) is 5.61. The van der Waals surface area contributed by atoms with Gasteiger partial charge in [0, 0.05) is 18.7 Å².